The average Bonchev–Trinajstić information content (AvgIpc) is 3.24. The van der Waals surface area contributed by atoms with Crippen LogP contribution in [-0.2, 0) is 28.6 Å². The molecule has 0 saturated heterocycles. The van der Waals surface area contributed by atoms with Crippen molar-refractivity contribution in [3.05, 3.63) is 97.2 Å². The van der Waals surface area contributed by atoms with Crippen LogP contribution in [0.2, 0.25) is 0 Å². The second kappa shape index (κ2) is 48.0. The van der Waals surface area contributed by atoms with Crippen molar-refractivity contribution in [2.24, 2.45) is 0 Å². The van der Waals surface area contributed by atoms with Crippen LogP contribution in [-0.4, -0.2) is 37.2 Å². The Labute approximate surface area is 368 Å². The average molecular weight is 833 g/mol. The predicted molar refractivity (Wildman–Crippen MR) is 256 cm³/mol. The summed E-state index contributed by atoms with van der Waals surface area (Å²) in [5.74, 6) is -1.03. The number of esters is 3. The zero-order chi connectivity index (χ0) is 43.7. The third-order valence-electron chi connectivity index (χ3n) is 9.79. The molecule has 0 fully saturated rings. The van der Waals surface area contributed by atoms with Crippen LogP contribution in [0.5, 0.6) is 0 Å². The molecule has 0 aliphatic heterocycles. The van der Waals surface area contributed by atoms with Crippen molar-refractivity contribution in [2.45, 2.75) is 213 Å². The number of rotatable bonds is 42. The van der Waals surface area contributed by atoms with Gasteiger partial charge in [0.2, 0.25) is 0 Å². The standard InChI is InChI=1S/C54H88O6/c1-4-7-10-13-16-19-22-24-25-26-27-28-29-31-32-35-38-41-44-47-53(56)59-50-51(49-58-52(55)46-43-40-37-34-21-18-15-12-9-6-3)60-54(57)48-45-42-39-36-33-30-23-20-17-14-11-8-5-2/h8,11-12,15-17,19-20,24-25,27-28,30,33,39,42,51H,4-7,9-10,13-14,18,21-23,26,29,31-32,34-38,40-41,43-50H2,1-3H3/b11-8-,15-12-,19-16-,20-17-,25-24-,28-27-,33-30-,42-39-. The normalized spacial score (nSPS) is 12.9. The van der Waals surface area contributed by atoms with E-state index >= 15 is 0 Å². The minimum absolute atomic E-state index is 0.116. The van der Waals surface area contributed by atoms with Crippen molar-refractivity contribution in [2.75, 3.05) is 13.2 Å². The van der Waals surface area contributed by atoms with Crippen molar-refractivity contribution in [1.82, 2.24) is 0 Å². The van der Waals surface area contributed by atoms with Crippen LogP contribution in [0, 0.1) is 0 Å². The van der Waals surface area contributed by atoms with Gasteiger partial charge in [-0.2, -0.15) is 0 Å². The molecule has 1 unspecified atom stereocenters. The summed E-state index contributed by atoms with van der Waals surface area (Å²) in [5.41, 5.74) is 0. The van der Waals surface area contributed by atoms with Gasteiger partial charge in [-0.1, -0.05) is 182 Å². The maximum absolute atomic E-state index is 12.7. The van der Waals surface area contributed by atoms with Gasteiger partial charge in [0, 0.05) is 19.3 Å². The molecule has 0 N–H and O–H groups in total. The molecule has 0 aromatic rings. The molecular formula is C54H88O6. The molecule has 0 aromatic carbocycles. The molecule has 0 saturated carbocycles. The lowest BCUT2D eigenvalue weighted by molar-refractivity contribution is -0.166. The van der Waals surface area contributed by atoms with E-state index in [0.29, 0.717) is 19.3 Å². The molecule has 1 atom stereocenters. The summed E-state index contributed by atoms with van der Waals surface area (Å²) in [6, 6.07) is 0. The molecule has 0 bridgehead atoms. The van der Waals surface area contributed by atoms with Gasteiger partial charge < -0.3 is 14.2 Å². The first-order valence-electron chi connectivity index (χ1n) is 24.2. The highest BCUT2D eigenvalue weighted by molar-refractivity contribution is 5.71. The van der Waals surface area contributed by atoms with E-state index in [-0.39, 0.29) is 31.6 Å². The largest absolute Gasteiger partial charge is 0.462 e. The van der Waals surface area contributed by atoms with E-state index in [2.05, 4.69) is 106 Å². The highest BCUT2D eigenvalue weighted by atomic mass is 16.6. The van der Waals surface area contributed by atoms with Crippen LogP contribution in [0.15, 0.2) is 97.2 Å². The summed E-state index contributed by atoms with van der Waals surface area (Å²) in [7, 11) is 0. The van der Waals surface area contributed by atoms with Gasteiger partial charge in [0.15, 0.2) is 6.10 Å². The van der Waals surface area contributed by atoms with Crippen molar-refractivity contribution >= 4 is 17.9 Å². The smallest absolute Gasteiger partial charge is 0.306 e. The highest BCUT2D eigenvalue weighted by Crippen LogP contribution is 2.12. The molecule has 0 aromatic heterocycles. The number of hydrogen-bond donors (Lipinski definition) is 0. The van der Waals surface area contributed by atoms with Crippen LogP contribution in [0.4, 0.5) is 0 Å². The molecule has 6 nitrogen and oxygen atoms in total. The van der Waals surface area contributed by atoms with Gasteiger partial charge in [-0.05, 0) is 103 Å². The first-order chi connectivity index (χ1) is 29.5. The lowest BCUT2D eigenvalue weighted by atomic mass is 10.1. The topological polar surface area (TPSA) is 78.9 Å². The van der Waals surface area contributed by atoms with E-state index in [1.807, 2.05) is 12.2 Å². The number of allylic oxidation sites excluding steroid dienone is 16. The number of carbonyl (C=O) groups excluding carboxylic acids is 3. The molecule has 6 heteroatoms. The maximum atomic E-state index is 12.7. The third-order valence-corrected chi connectivity index (χ3v) is 9.79. The summed E-state index contributed by atoms with van der Waals surface area (Å²) < 4.78 is 16.6. The lowest BCUT2D eigenvalue weighted by Gasteiger charge is -2.18. The summed E-state index contributed by atoms with van der Waals surface area (Å²) in [4.78, 5) is 37.8. The zero-order valence-corrected chi connectivity index (χ0v) is 38.7. The minimum Gasteiger partial charge on any atom is -0.462 e. The van der Waals surface area contributed by atoms with E-state index in [4.69, 9.17) is 14.2 Å². The van der Waals surface area contributed by atoms with Gasteiger partial charge in [-0.15, -0.1) is 0 Å². The molecule has 340 valence electrons. The fourth-order valence-corrected chi connectivity index (χ4v) is 6.17. The van der Waals surface area contributed by atoms with E-state index in [9.17, 15) is 14.4 Å². The van der Waals surface area contributed by atoms with E-state index < -0.39 is 12.1 Å². The monoisotopic (exact) mass is 833 g/mol. The quantitative estimate of drug-likeness (QED) is 0.0264. The molecule has 0 amide bonds. The second-order valence-electron chi connectivity index (χ2n) is 15.6. The fourth-order valence-electron chi connectivity index (χ4n) is 6.17. The summed E-state index contributed by atoms with van der Waals surface area (Å²) in [6.45, 7) is 6.33. The molecule has 0 rings (SSSR count). The van der Waals surface area contributed by atoms with E-state index in [0.717, 1.165) is 109 Å². The van der Waals surface area contributed by atoms with Crippen molar-refractivity contribution in [3.63, 3.8) is 0 Å². The van der Waals surface area contributed by atoms with Gasteiger partial charge in [0.1, 0.15) is 13.2 Å². The maximum Gasteiger partial charge on any atom is 0.306 e. The number of carbonyl (C=O) groups is 3. The van der Waals surface area contributed by atoms with E-state index in [1.165, 1.54) is 51.4 Å². The molecule has 0 aliphatic carbocycles. The van der Waals surface area contributed by atoms with Crippen LogP contribution < -0.4 is 0 Å². The van der Waals surface area contributed by atoms with Crippen LogP contribution in [0.1, 0.15) is 207 Å². The summed E-state index contributed by atoms with van der Waals surface area (Å²) in [6.07, 6.45) is 62.6. The Morgan fingerprint density at radius 1 is 0.350 bits per heavy atom. The zero-order valence-electron chi connectivity index (χ0n) is 38.7. The van der Waals surface area contributed by atoms with Gasteiger partial charge in [-0.3, -0.25) is 14.4 Å². The van der Waals surface area contributed by atoms with Gasteiger partial charge in [0.05, 0.1) is 0 Å². The van der Waals surface area contributed by atoms with Gasteiger partial charge in [-0.25, -0.2) is 0 Å². The first kappa shape index (κ1) is 56.3. The summed E-state index contributed by atoms with van der Waals surface area (Å²) in [5, 5.41) is 0. The molecule has 0 radical (unpaired) electrons. The Balaban J connectivity index is 4.46. The van der Waals surface area contributed by atoms with Crippen molar-refractivity contribution in [1.29, 1.82) is 0 Å². The van der Waals surface area contributed by atoms with Crippen LogP contribution in [0.3, 0.4) is 0 Å². The summed E-state index contributed by atoms with van der Waals surface area (Å²) >= 11 is 0. The second-order valence-corrected chi connectivity index (χ2v) is 15.6. The van der Waals surface area contributed by atoms with Crippen molar-refractivity contribution < 1.29 is 28.6 Å². The van der Waals surface area contributed by atoms with Gasteiger partial charge >= 0.3 is 17.9 Å². The number of unbranched alkanes of at least 4 members (excludes halogenated alkanes) is 15. The molecule has 60 heavy (non-hydrogen) atoms. The minimum atomic E-state index is -0.823. The number of ether oxygens (including phenoxy) is 3. The molecule has 0 aliphatic rings. The SMILES string of the molecule is CC/C=C\C/C=C\C/C=C\C/C=C\CCC(=O)OC(COC(=O)CCCCCCC/C=C\CCC)COC(=O)CCCCCCCC/C=C\C/C=C\C/C=C\CCCCC. The Kier molecular flexibility index (Phi) is 45.1. The fraction of sp³-hybridized carbons (Fsp3) is 0.648. The Morgan fingerprint density at radius 3 is 1.17 bits per heavy atom. The Morgan fingerprint density at radius 2 is 0.717 bits per heavy atom. The highest BCUT2D eigenvalue weighted by Gasteiger charge is 2.19. The molecule has 0 heterocycles. The molecule has 0 spiro atoms. The van der Waals surface area contributed by atoms with Crippen molar-refractivity contribution in [3.8, 4) is 0 Å². The number of hydrogen-bond acceptors (Lipinski definition) is 6. The third kappa shape index (κ3) is 45.4. The van der Waals surface area contributed by atoms with Crippen LogP contribution >= 0.6 is 0 Å². The van der Waals surface area contributed by atoms with E-state index in [1.54, 1.807) is 0 Å². The predicted octanol–water partition coefficient (Wildman–Crippen LogP) is 15.8. The first-order valence-corrected chi connectivity index (χ1v) is 24.2. The van der Waals surface area contributed by atoms with Crippen LogP contribution in [0.25, 0.3) is 0 Å². The Bertz CT molecular complexity index is 1230. The Hall–Kier alpha value is -3.67. The van der Waals surface area contributed by atoms with Gasteiger partial charge in [0.25, 0.3) is 0 Å². The molecular weight excluding hydrogens is 745 g/mol. The lowest BCUT2D eigenvalue weighted by Crippen LogP contribution is -2.30.